The first-order valence-corrected chi connectivity index (χ1v) is 7.58. The fourth-order valence-electron chi connectivity index (χ4n) is 2.03. The Morgan fingerprint density at radius 3 is 2.53 bits per heavy atom. The van der Waals surface area contributed by atoms with Crippen molar-refractivity contribution in [3.05, 3.63) is 68.4 Å². The predicted octanol–water partition coefficient (Wildman–Crippen LogP) is 4.46. The lowest BCUT2D eigenvalue weighted by atomic mass is 10.00. The van der Waals surface area contributed by atoms with Crippen LogP contribution in [0.15, 0.2) is 51.4 Å². The third-order valence-electron chi connectivity index (χ3n) is 2.90. The number of benzene rings is 2. The fraction of sp³-hybridized carbons (Fsp3) is 0.200. The Morgan fingerprint density at radius 2 is 1.79 bits per heavy atom. The van der Waals surface area contributed by atoms with E-state index in [1.165, 1.54) is 11.6 Å². The third-order valence-corrected chi connectivity index (χ3v) is 4.28. The van der Waals surface area contributed by atoms with Crippen LogP contribution in [0, 0.1) is 5.82 Å². The SMILES string of the molecule is NC(Cc1cccc(Br)c1)Cc1cccc(F)c1Br. The maximum absolute atomic E-state index is 13.4. The van der Waals surface area contributed by atoms with Crippen LogP contribution in [0.1, 0.15) is 11.1 Å². The monoisotopic (exact) mass is 385 g/mol. The van der Waals surface area contributed by atoms with Crippen LogP contribution >= 0.6 is 31.9 Å². The fourth-order valence-corrected chi connectivity index (χ4v) is 2.90. The van der Waals surface area contributed by atoms with E-state index in [2.05, 4.69) is 37.9 Å². The first-order valence-electron chi connectivity index (χ1n) is 5.99. The highest BCUT2D eigenvalue weighted by atomic mass is 79.9. The van der Waals surface area contributed by atoms with Gasteiger partial charge in [0.25, 0.3) is 0 Å². The molecule has 0 heterocycles. The molecule has 1 nitrogen and oxygen atoms in total. The summed E-state index contributed by atoms with van der Waals surface area (Å²) < 4.78 is 15.0. The Kier molecular flexibility index (Phi) is 5.13. The van der Waals surface area contributed by atoms with Crippen molar-refractivity contribution in [2.75, 3.05) is 0 Å². The first-order chi connectivity index (χ1) is 9.06. The van der Waals surface area contributed by atoms with Gasteiger partial charge in [-0.3, -0.25) is 0 Å². The highest BCUT2D eigenvalue weighted by Crippen LogP contribution is 2.22. The third kappa shape index (κ3) is 4.13. The van der Waals surface area contributed by atoms with E-state index >= 15 is 0 Å². The van der Waals surface area contributed by atoms with Crippen LogP contribution in [0.4, 0.5) is 4.39 Å². The van der Waals surface area contributed by atoms with Gasteiger partial charge in [0.15, 0.2) is 0 Å². The van der Waals surface area contributed by atoms with Crippen LogP contribution in [0.25, 0.3) is 0 Å². The summed E-state index contributed by atoms with van der Waals surface area (Å²) in [6.45, 7) is 0. The summed E-state index contributed by atoms with van der Waals surface area (Å²) >= 11 is 6.71. The molecule has 1 unspecified atom stereocenters. The Bertz CT molecular complexity index is 572. The normalized spacial score (nSPS) is 12.4. The molecule has 0 aliphatic carbocycles. The van der Waals surface area contributed by atoms with Gasteiger partial charge in [-0.15, -0.1) is 0 Å². The number of nitrogens with two attached hydrogens (primary N) is 1. The van der Waals surface area contributed by atoms with Crippen molar-refractivity contribution in [1.29, 1.82) is 0 Å². The molecule has 0 aliphatic heterocycles. The van der Waals surface area contributed by atoms with Gasteiger partial charge < -0.3 is 5.73 Å². The molecule has 0 aliphatic rings. The average molecular weight is 387 g/mol. The lowest BCUT2D eigenvalue weighted by Gasteiger charge is -2.13. The van der Waals surface area contributed by atoms with Crippen molar-refractivity contribution in [2.45, 2.75) is 18.9 Å². The van der Waals surface area contributed by atoms with Crippen LogP contribution in [0.5, 0.6) is 0 Å². The zero-order chi connectivity index (χ0) is 13.8. The Labute approximate surface area is 129 Å². The molecule has 4 heteroatoms. The Morgan fingerprint density at radius 1 is 1.05 bits per heavy atom. The highest BCUT2D eigenvalue weighted by molar-refractivity contribution is 9.10. The number of halogens is 3. The van der Waals surface area contributed by atoms with Gasteiger partial charge in [-0.25, -0.2) is 4.39 Å². The van der Waals surface area contributed by atoms with Gasteiger partial charge in [-0.1, -0.05) is 40.2 Å². The summed E-state index contributed by atoms with van der Waals surface area (Å²) in [5, 5.41) is 0. The lowest BCUT2D eigenvalue weighted by molar-refractivity contribution is 0.610. The second-order valence-corrected chi connectivity index (χ2v) is 6.22. The van der Waals surface area contributed by atoms with Crippen LogP contribution in [-0.4, -0.2) is 6.04 Å². The summed E-state index contributed by atoms with van der Waals surface area (Å²) in [7, 11) is 0. The second-order valence-electron chi connectivity index (χ2n) is 4.51. The zero-order valence-corrected chi connectivity index (χ0v) is 13.4. The average Bonchev–Trinajstić information content (AvgIpc) is 2.35. The molecule has 0 radical (unpaired) electrons. The highest BCUT2D eigenvalue weighted by Gasteiger charge is 2.10. The number of hydrogen-bond donors (Lipinski definition) is 1. The van der Waals surface area contributed by atoms with Crippen molar-refractivity contribution in [1.82, 2.24) is 0 Å². The molecule has 0 amide bonds. The van der Waals surface area contributed by atoms with E-state index in [0.717, 1.165) is 16.5 Å². The Hall–Kier alpha value is -0.710. The molecule has 2 N–H and O–H groups in total. The van der Waals surface area contributed by atoms with E-state index in [0.29, 0.717) is 10.9 Å². The van der Waals surface area contributed by atoms with Crippen LogP contribution in [0.2, 0.25) is 0 Å². The van der Waals surface area contributed by atoms with Crippen molar-refractivity contribution >= 4 is 31.9 Å². The molecule has 19 heavy (non-hydrogen) atoms. The molecule has 0 bridgehead atoms. The van der Waals surface area contributed by atoms with Gasteiger partial charge in [0.2, 0.25) is 0 Å². The molecular weight excluding hydrogens is 373 g/mol. The summed E-state index contributed by atoms with van der Waals surface area (Å²) in [6, 6.07) is 13.1. The summed E-state index contributed by atoms with van der Waals surface area (Å²) in [6.07, 6.45) is 1.41. The predicted molar refractivity (Wildman–Crippen MR) is 83.6 cm³/mol. The molecule has 1 atom stereocenters. The molecule has 100 valence electrons. The largest absolute Gasteiger partial charge is 0.327 e. The van der Waals surface area contributed by atoms with Gasteiger partial charge >= 0.3 is 0 Å². The lowest BCUT2D eigenvalue weighted by Crippen LogP contribution is -2.25. The van der Waals surface area contributed by atoms with Gasteiger partial charge in [-0.05, 0) is 58.1 Å². The van der Waals surface area contributed by atoms with Gasteiger partial charge in [0.05, 0.1) is 4.47 Å². The van der Waals surface area contributed by atoms with Gasteiger partial charge in [-0.2, -0.15) is 0 Å². The minimum Gasteiger partial charge on any atom is -0.327 e. The van der Waals surface area contributed by atoms with E-state index in [-0.39, 0.29) is 11.9 Å². The van der Waals surface area contributed by atoms with E-state index in [9.17, 15) is 4.39 Å². The summed E-state index contributed by atoms with van der Waals surface area (Å²) in [5.41, 5.74) is 8.23. The second kappa shape index (κ2) is 6.64. The maximum Gasteiger partial charge on any atom is 0.137 e. The van der Waals surface area contributed by atoms with Crippen molar-refractivity contribution in [2.24, 2.45) is 5.73 Å². The standard InChI is InChI=1S/C15H14Br2FN/c16-12-5-1-3-10(7-12)8-13(19)9-11-4-2-6-14(18)15(11)17/h1-7,13H,8-9,19H2. The van der Waals surface area contributed by atoms with Crippen molar-refractivity contribution < 1.29 is 4.39 Å². The van der Waals surface area contributed by atoms with E-state index in [1.807, 2.05) is 24.3 Å². The zero-order valence-electron chi connectivity index (χ0n) is 10.2. The summed E-state index contributed by atoms with van der Waals surface area (Å²) in [4.78, 5) is 0. The minimum atomic E-state index is -0.243. The number of rotatable bonds is 4. The topological polar surface area (TPSA) is 26.0 Å². The van der Waals surface area contributed by atoms with E-state index in [4.69, 9.17) is 5.73 Å². The molecule has 0 aromatic heterocycles. The first kappa shape index (κ1) is 14.7. The molecule has 0 saturated carbocycles. The van der Waals surface area contributed by atoms with Crippen molar-refractivity contribution in [3.63, 3.8) is 0 Å². The smallest absolute Gasteiger partial charge is 0.137 e. The number of hydrogen-bond acceptors (Lipinski definition) is 1. The molecule has 2 aromatic carbocycles. The van der Waals surface area contributed by atoms with E-state index < -0.39 is 0 Å². The van der Waals surface area contributed by atoms with E-state index in [1.54, 1.807) is 6.07 Å². The molecular formula is C15H14Br2FN. The molecule has 0 spiro atoms. The molecule has 2 aromatic rings. The van der Waals surface area contributed by atoms with Gasteiger partial charge in [0, 0.05) is 10.5 Å². The van der Waals surface area contributed by atoms with Crippen LogP contribution in [-0.2, 0) is 12.8 Å². The molecule has 2 rings (SSSR count). The quantitative estimate of drug-likeness (QED) is 0.824. The maximum atomic E-state index is 13.4. The Balaban J connectivity index is 2.05. The molecule has 0 saturated heterocycles. The van der Waals surface area contributed by atoms with Gasteiger partial charge in [0.1, 0.15) is 5.82 Å². The van der Waals surface area contributed by atoms with Crippen molar-refractivity contribution in [3.8, 4) is 0 Å². The minimum absolute atomic E-state index is 0.0348. The molecule has 0 fully saturated rings. The van der Waals surface area contributed by atoms with Crippen LogP contribution in [0.3, 0.4) is 0 Å². The van der Waals surface area contributed by atoms with Crippen LogP contribution < -0.4 is 5.73 Å². The summed E-state index contributed by atoms with van der Waals surface area (Å²) in [5.74, 6) is -0.243.